The van der Waals surface area contributed by atoms with Crippen LogP contribution in [0.5, 0.6) is 0 Å². The number of hydrogen-bond acceptors (Lipinski definition) is 7. The molecule has 0 saturated heterocycles. The van der Waals surface area contributed by atoms with Crippen molar-refractivity contribution in [3.63, 3.8) is 0 Å². The molecule has 0 bridgehead atoms. The Bertz CT molecular complexity index is 995. The van der Waals surface area contributed by atoms with Crippen LogP contribution < -0.4 is 4.72 Å². The molecule has 0 aliphatic carbocycles. The Morgan fingerprint density at radius 2 is 1.80 bits per heavy atom. The van der Waals surface area contributed by atoms with Crippen molar-refractivity contribution in [2.75, 3.05) is 13.7 Å². The minimum Gasteiger partial charge on any atom is -0.374 e. The van der Waals surface area contributed by atoms with Gasteiger partial charge in [0.15, 0.2) is 11.2 Å². The number of ether oxygens (including phenoxy) is 3. The van der Waals surface area contributed by atoms with Crippen LogP contribution in [-0.4, -0.2) is 45.5 Å². The van der Waals surface area contributed by atoms with Crippen molar-refractivity contribution < 1.29 is 27.6 Å². The van der Waals surface area contributed by atoms with Crippen LogP contribution in [0.4, 0.5) is 5.69 Å². The first-order valence-electron chi connectivity index (χ1n) is 9.14. The Labute approximate surface area is 174 Å². The fourth-order valence-corrected chi connectivity index (χ4v) is 4.37. The number of rotatable bonds is 9. The molecule has 1 aliphatic rings. The summed E-state index contributed by atoms with van der Waals surface area (Å²) in [7, 11) is -2.72. The van der Waals surface area contributed by atoms with Crippen molar-refractivity contribution in [2.45, 2.75) is 29.9 Å². The van der Waals surface area contributed by atoms with E-state index in [0.717, 1.165) is 11.6 Å². The first kappa shape index (κ1) is 22.1. The van der Waals surface area contributed by atoms with Crippen LogP contribution in [0.3, 0.4) is 0 Å². The summed E-state index contributed by atoms with van der Waals surface area (Å²) in [5.74, 6) is 0. The number of methoxy groups -OCH3 is 1. The molecule has 2 aromatic carbocycles. The van der Waals surface area contributed by atoms with Crippen molar-refractivity contribution in [1.29, 1.82) is 0 Å². The first-order valence-corrected chi connectivity index (χ1v) is 10.6. The standard InChI is InChI=1S/C20H22N2O7S/c1-27-20-12-11-16(18(29-20)14-28-13-15-7-3-2-4-8-15)21-30(25,26)19-10-6-5-9-17(19)22(23)24/h2-12,16,18,20-21H,13-14H2,1H3/t16-,18+,20-/m0/s1. The fraction of sp³-hybridized carbons (Fsp3) is 0.300. The van der Waals surface area contributed by atoms with E-state index in [0.29, 0.717) is 6.61 Å². The molecule has 0 spiro atoms. The summed E-state index contributed by atoms with van der Waals surface area (Å²) < 4.78 is 44.8. The maximum Gasteiger partial charge on any atom is 0.289 e. The summed E-state index contributed by atoms with van der Waals surface area (Å²) in [6.07, 6.45) is 1.82. The smallest absolute Gasteiger partial charge is 0.289 e. The second-order valence-corrected chi connectivity index (χ2v) is 8.22. The number of nitrogens with zero attached hydrogens (tertiary/aromatic N) is 1. The van der Waals surface area contributed by atoms with Gasteiger partial charge in [0.2, 0.25) is 10.0 Å². The molecule has 1 N–H and O–H groups in total. The Morgan fingerprint density at radius 1 is 1.10 bits per heavy atom. The lowest BCUT2D eigenvalue weighted by Gasteiger charge is -2.31. The normalized spacial score (nSPS) is 21.4. The quantitative estimate of drug-likeness (QED) is 0.366. The van der Waals surface area contributed by atoms with E-state index in [1.807, 2.05) is 30.3 Å². The van der Waals surface area contributed by atoms with E-state index in [1.165, 1.54) is 25.3 Å². The van der Waals surface area contributed by atoms with E-state index in [9.17, 15) is 18.5 Å². The van der Waals surface area contributed by atoms with E-state index in [2.05, 4.69) is 4.72 Å². The Morgan fingerprint density at radius 3 is 2.50 bits per heavy atom. The summed E-state index contributed by atoms with van der Waals surface area (Å²) in [6, 6.07) is 13.9. The Kier molecular flexibility index (Phi) is 7.29. The lowest BCUT2D eigenvalue weighted by molar-refractivity contribution is -0.387. The molecule has 2 aromatic rings. The molecule has 0 saturated carbocycles. The largest absolute Gasteiger partial charge is 0.374 e. The maximum atomic E-state index is 12.8. The molecule has 3 atom stereocenters. The number of nitro groups is 1. The zero-order valence-corrected chi connectivity index (χ0v) is 17.0. The summed E-state index contributed by atoms with van der Waals surface area (Å²) in [5, 5.41) is 11.2. The van der Waals surface area contributed by atoms with Gasteiger partial charge in [-0.15, -0.1) is 0 Å². The minimum absolute atomic E-state index is 0.0865. The van der Waals surface area contributed by atoms with Crippen LogP contribution >= 0.6 is 0 Å². The van der Waals surface area contributed by atoms with Crippen molar-refractivity contribution in [1.82, 2.24) is 4.72 Å². The van der Waals surface area contributed by atoms with Crippen molar-refractivity contribution >= 4 is 15.7 Å². The molecule has 0 aromatic heterocycles. The molecule has 1 heterocycles. The summed E-state index contributed by atoms with van der Waals surface area (Å²) in [4.78, 5) is 10.1. The maximum absolute atomic E-state index is 12.8. The summed E-state index contributed by atoms with van der Waals surface area (Å²) in [6.45, 7) is 0.412. The van der Waals surface area contributed by atoms with Gasteiger partial charge in [0, 0.05) is 13.2 Å². The van der Waals surface area contributed by atoms with E-state index >= 15 is 0 Å². The van der Waals surface area contributed by atoms with Crippen molar-refractivity contribution in [2.24, 2.45) is 0 Å². The second-order valence-electron chi connectivity index (χ2n) is 6.54. The molecule has 0 unspecified atom stereocenters. The number of nitro benzene ring substituents is 1. The van der Waals surface area contributed by atoms with Crippen LogP contribution in [0.25, 0.3) is 0 Å². The predicted molar refractivity (Wildman–Crippen MR) is 108 cm³/mol. The van der Waals surface area contributed by atoms with Crippen LogP contribution in [-0.2, 0) is 30.8 Å². The monoisotopic (exact) mass is 434 g/mol. The van der Waals surface area contributed by atoms with Gasteiger partial charge < -0.3 is 14.2 Å². The SMILES string of the molecule is CO[C@@H]1C=C[C@H](NS(=O)(=O)c2ccccc2[N+](=O)[O-])[C@@H](COCc2ccccc2)O1. The van der Waals surface area contributed by atoms with Crippen molar-refractivity contribution in [3.8, 4) is 0 Å². The fourth-order valence-electron chi connectivity index (χ4n) is 2.97. The highest BCUT2D eigenvalue weighted by Crippen LogP contribution is 2.24. The number of nitrogens with one attached hydrogen (secondary N) is 1. The van der Waals surface area contributed by atoms with E-state index < -0.39 is 44.0 Å². The number of sulfonamides is 1. The second kappa shape index (κ2) is 9.92. The van der Waals surface area contributed by atoms with Gasteiger partial charge in [-0.3, -0.25) is 10.1 Å². The minimum atomic E-state index is -4.19. The predicted octanol–water partition coefficient (Wildman–Crippen LogP) is 2.39. The highest BCUT2D eigenvalue weighted by Gasteiger charge is 2.33. The third kappa shape index (κ3) is 5.49. The van der Waals surface area contributed by atoms with Crippen LogP contribution in [0, 0.1) is 10.1 Å². The van der Waals surface area contributed by atoms with Gasteiger partial charge in [-0.25, -0.2) is 13.1 Å². The zero-order valence-electron chi connectivity index (χ0n) is 16.2. The molecule has 0 amide bonds. The lowest BCUT2D eigenvalue weighted by Crippen LogP contribution is -2.49. The Hall–Kier alpha value is -2.63. The van der Waals surface area contributed by atoms with Gasteiger partial charge in [0.05, 0.1) is 24.2 Å². The molecule has 10 heteroatoms. The van der Waals surface area contributed by atoms with E-state index in [-0.39, 0.29) is 6.61 Å². The molecule has 0 fully saturated rings. The topological polar surface area (TPSA) is 117 Å². The molecule has 1 aliphatic heterocycles. The van der Waals surface area contributed by atoms with E-state index in [4.69, 9.17) is 14.2 Å². The molecular weight excluding hydrogens is 412 g/mol. The molecule has 0 radical (unpaired) electrons. The average Bonchev–Trinajstić information content (AvgIpc) is 2.75. The van der Waals surface area contributed by atoms with Crippen molar-refractivity contribution in [3.05, 3.63) is 82.4 Å². The van der Waals surface area contributed by atoms with Gasteiger partial charge >= 0.3 is 0 Å². The first-order chi connectivity index (χ1) is 14.4. The molecule has 3 rings (SSSR count). The van der Waals surface area contributed by atoms with Gasteiger partial charge in [-0.05, 0) is 17.7 Å². The van der Waals surface area contributed by atoms with Gasteiger partial charge in [0.1, 0.15) is 6.10 Å². The molecular formula is C20H22N2O7S. The average molecular weight is 434 g/mol. The van der Waals surface area contributed by atoms with Gasteiger partial charge in [0.25, 0.3) is 5.69 Å². The molecule has 160 valence electrons. The van der Waals surface area contributed by atoms with Crippen LogP contribution in [0.2, 0.25) is 0 Å². The van der Waals surface area contributed by atoms with Crippen LogP contribution in [0.15, 0.2) is 71.6 Å². The number of hydrogen-bond donors (Lipinski definition) is 1. The third-order valence-electron chi connectivity index (χ3n) is 4.45. The third-order valence-corrected chi connectivity index (χ3v) is 5.96. The van der Waals surface area contributed by atoms with Gasteiger partial charge in [-0.2, -0.15) is 0 Å². The van der Waals surface area contributed by atoms with Crippen LogP contribution in [0.1, 0.15) is 5.56 Å². The molecule has 30 heavy (non-hydrogen) atoms. The number of benzene rings is 2. The highest BCUT2D eigenvalue weighted by atomic mass is 32.2. The van der Waals surface area contributed by atoms with Gasteiger partial charge in [-0.1, -0.05) is 48.5 Å². The Balaban J connectivity index is 1.75. The lowest BCUT2D eigenvalue weighted by atomic mass is 10.1. The number of para-hydroxylation sites is 1. The highest BCUT2D eigenvalue weighted by molar-refractivity contribution is 7.89. The molecule has 9 nitrogen and oxygen atoms in total. The summed E-state index contributed by atoms with van der Waals surface area (Å²) >= 11 is 0. The van der Waals surface area contributed by atoms with E-state index in [1.54, 1.807) is 12.2 Å². The summed E-state index contributed by atoms with van der Waals surface area (Å²) in [5.41, 5.74) is 0.460. The zero-order chi connectivity index (χ0) is 21.6.